The fourth-order valence-electron chi connectivity index (χ4n) is 2.01. The van der Waals surface area contributed by atoms with Crippen molar-refractivity contribution in [3.8, 4) is 0 Å². The average molecular weight is 258 g/mol. The Morgan fingerprint density at radius 2 is 2.00 bits per heavy atom. The third-order valence-corrected chi connectivity index (χ3v) is 3.20. The first-order valence-electron chi connectivity index (χ1n) is 6.06. The van der Waals surface area contributed by atoms with E-state index in [1.165, 1.54) is 4.90 Å². The van der Waals surface area contributed by atoms with Crippen LogP contribution in [0, 0.1) is 5.41 Å². The standard InChI is InChI=1S/C12H22N2O4/c1-11(2,3)18-10(17)14-7-5-6-12(4,8(14)13)9(15)16/h8H,5-7,13H2,1-4H3,(H,15,16). The summed E-state index contributed by atoms with van der Waals surface area (Å²) in [6.45, 7) is 7.28. The van der Waals surface area contributed by atoms with E-state index in [9.17, 15) is 14.7 Å². The Bertz CT molecular complexity index is 350. The number of ether oxygens (including phenoxy) is 1. The van der Waals surface area contributed by atoms with Crippen LogP contribution in [-0.2, 0) is 9.53 Å². The zero-order valence-corrected chi connectivity index (χ0v) is 11.4. The molecule has 6 nitrogen and oxygen atoms in total. The van der Waals surface area contributed by atoms with Gasteiger partial charge in [-0.05, 0) is 40.5 Å². The molecule has 0 radical (unpaired) electrons. The van der Waals surface area contributed by atoms with Crippen LogP contribution in [0.4, 0.5) is 4.79 Å². The smallest absolute Gasteiger partial charge is 0.411 e. The van der Waals surface area contributed by atoms with Crippen LogP contribution in [0.3, 0.4) is 0 Å². The van der Waals surface area contributed by atoms with Crippen LogP contribution in [0.25, 0.3) is 0 Å². The SMILES string of the molecule is CC(C)(C)OC(=O)N1CCCC(C)(C(=O)O)C1N. The normalized spacial score (nSPS) is 28.9. The Labute approximate surface area is 107 Å². The minimum atomic E-state index is -1.12. The van der Waals surface area contributed by atoms with Crippen molar-refractivity contribution in [2.75, 3.05) is 6.54 Å². The van der Waals surface area contributed by atoms with Gasteiger partial charge in [0.05, 0.1) is 11.6 Å². The number of likely N-dealkylation sites (tertiary alicyclic amines) is 1. The molecule has 0 aromatic rings. The maximum Gasteiger partial charge on any atom is 0.411 e. The summed E-state index contributed by atoms with van der Waals surface area (Å²) in [5, 5.41) is 9.24. The van der Waals surface area contributed by atoms with E-state index in [0.717, 1.165) is 0 Å². The van der Waals surface area contributed by atoms with Crippen molar-refractivity contribution in [2.45, 2.75) is 52.3 Å². The van der Waals surface area contributed by atoms with Gasteiger partial charge in [0.15, 0.2) is 0 Å². The van der Waals surface area contributed by atoms with Crippen LogP contribution >= 0.6 is 0 Å². The molecule has 0 bridgehead atoms. The van der Waals surface area contributed by atoms with Crippen LogP contribution < -0.4 is 5.73 Å². The van der Waals surface area contributed by atoms with Crippen LogP contribution in [0.5, 0.6) is 0 Å². The Morgan fingerprint density at radius 1 is 1.44 bits per heavy atom. The molecule has 0 saturated carbocycles. The van der Waals surface area contributed by atoms with Crippen molar-refractivity contribution >= 4 is 12.1 Å². The van der Waals surface area contributed by atoms with Gasteiger partial charge in [-0.25, -0.2) is 4.79 Å². The summed E-state index contributed by atoms with van der Waals surface area (Å²) in [7, 11) is 0. The first-order valence-corrected chi connectivity index (χ1v) is 6.06. The molecule has 1 rings (SSSR count). The predicted molar refractivity (Wildman–Crippen MR) is 65.9 cm³/mol. The number of hydrogen-bond donors (Lipinski definition) is 2. The number of nitrogens with two attached hydrogens (primary N) is 1. The Morgan fingerprint density at radius 3 is 2.44 bits per heavy atom. The number of carbonyl (C=O) groups excluding carboxylic acids is 1. The lowest BCUT2D eigenvalue weighted by molar-refractivity contribution is -0.154. The van der Waals surface area contributed by atoms with E-state index in [4.69, 9.17) is 10.5 Å². The first-order chi connectivity index (χ1) is 8.08. The number of hydrogen-bond acceptors (Lipinski definition) is 4. The van der Waals surface area contributed by atoms with Crippen molar-refractivity contribution in [1.29, 1.82) is 0 Å². The predicted octanol–water partition coefficient (Wildman–Crippen LogP) is 1.39. The highest BCUT2D eigenvalue weighted by Crippen LogP contribution is 2.34. The van der Waals surface area contributed by atoms with E-state index in [0.29, 0.717) is 19.4 Å². The van der Waals surface area contributed by atoms with E-state index < -0.39 is 29.2 Å². The van der Waals surface area contributed by atoms with Crippen molar-refractivity contribution in [3.05, 3.63) is 0 Å². The Balaban J connectivity index is 2.84. The molecule has 1 saturated heterocycles. The van der Waals surface area contributed by atoms with Gasteiger partial charge >= 0.3 is 12.1 Å². The molecule has 1 aliphatic rings. The molecule has 1 aliphatic heterocycles. The fourth-order valence-corrected chi connectivity index (χ4v) is 2.01. The number of carboxylic acids is 1. The number of carboxylic acid groups (broad SMARTS) is 1. The molecule has 2 unspecified atom stereocenters. The molecule has 18 heavy (non-hydrogen) atoms. The van der Waals surface area contributed by atoms with Gasteiger partial charge in [0.1, 0.15) is 5.60 Å². The lowest BCUT2D eigenvalue weighted by Crippen LogP contribution is -2.61. The van der Waals surface area contributed by atoms with Gasteiger partial charge in [0.2, 0.25) is 0 Å². The molecule has 104 valence electrons. The highest BCUT2D eigenvalue weighted by molar-refractivity contribution is 5.77. The lowest BCUT2D eigenvalue weighted by Gasteiger charge is -2.43. The molecule has 2 atom stereocenters. The van der Waals surface area contributed by atoms with E-state index in [1.807, 2.05) is 0 Å². The molecular weight excluding hydrogens is 236 g/mol. The maximum absolute atomic E-state index is 12.0. The number of piperidine rings is 1. The summed E-state index contributed by atoms with van der Waals surface area (Å²) < 4.78 is 5.23. The minimum Gasteiger partial charge on any atom is -0.481 e. The van der Waals surface area contributed by atoms with Crippen molar-refractivity contribution in [3.63, 3.8) is 0 Å². The second kappa shape index (κ2) is 4.76. The molecule has 6 heteroatoms. The summed E-state index contributed by atoms with van der Waals surface area (Å²) in [5.41, 5.74) is 4.19. The highest BCUT2D eigenvalue weighted by Gasteiger charge is 2.47. The summed E-state index contributed by atoms with van der Waals surface area (Å²) in [6, 6.07) is 0. The number of carbonyl (C=O) groups is 2. The summed E-state index contributed by atoms with van der Waals surface area (Å²) in [4.78, 5) is 24.6. The highest BCUT2D eigenvalue weighted by atomic mass is 16.6. The van der Waals surface area contributed by atoms with Gasteiger partial charge in [-0.3, -0.25) is 9.69 Å². The van der Waals surface area contributed by atoms with E-state index in [2.05, 4.69) is 0 Å². The van der Waals surface area contributed by atoms with Crippen LogP contribution in [0.1, 0.15) is 40.5 Å². The third-order valence-electron chi connectivity index (χ3n) is 3.20. The zero-order valence-electron chi connectivity index (χ0n) is 11.4. The number of amides is 1. The summed E-state index contributed by atoms with van der Waals surface area (Å²) >= 11 is 0. The van der Waals surface area contributed by atoms with Gasteiger partial charge in [-0.1, -0.05) is 0 Å². The van der Waals surface area contributed by atoms with Gasteiger partial charge < -0.3 is 15.6 Å². The molecule has 1 fully saturated rings. The largest absolute Gasteiger partial charge is 0.481 e. The molecule has 0 aromatic carbocycles. The van der Waals surface area contributed by atoms with Gasteiger partial charge in [-0.2, -0.15) is 0 Å². The molecular formula is C12H22N2O4. The number of aliphatic carboxylic acids is 1. The van der Waals surface area contributed by atoms with Gasteiger partial charge in [-0.15, -0.1) is 0 Å². The topological polar surface area (TPSA) is 92.9 Å². The zero-order chi connectivity index (χ0) is 14.1. The molecule has 3 N–H and O–H groups in total. The average Bonchev–Trinajstić information content (AvgIpc) is 2.19. The quantitative estimate of drug-likeness (QED) is 0.741. The van der Waals surface area contributed by atoms with Crippen LogP contribution in [-0.4, -0.2) is 40.4 Å². The first kappa shape index (κ1) is 14.8. The van der Waals surface area contributed by atoms with E-state index in [1.54, 1.807) is 27.7 Å². The molecule has 0 spiro atoms. The summed E-state index contributed by atoms with van der Waals surface area (Å²) in [5.74, 6) is -0.983. The van der Waals surface area contributed by atoms with Crippen molar-refractivity contribution < 1.29 is 19.4 Å². The van der Waals surface area contributed by atoms with Crippen LogP contribution in [0.2, 0.25) is 0 Å². The Kier molecular flexibility index (Phi) is 3.90. The molecule has 1 amide bonds. The minimum absolute atomic E-state index is 0.430. The second-order valence-electron chi connectivity index (χ2n) is 5.94. The van der Waals surface area contributed by atoms with Crippen LogP contribution in [0.15, 0.2) is 0 Å². The number of rotatable bonds is 1. The fraction of sp³-hybridized carbons (Fsp3) is 0.833. The molecule has 0 aliphatic carbocycles. The van der Waals surface area contributed by atoms with Gasteiger partial charge in [0.25, 0.3) is 0 Å². The second-order valence-corrected chi connectivity index (χ2v) is 5.94. The van der Waals surface area contributed by atoms with E-state index >= 15 is 0 Å². The van der Waals surface area contributed by atoms with Gasteiger partial charge in [0, 0.05) is 6.54 Å². The lowest BCUT2D eigenvalue weighted by atomic mass is 9.79. The monoisotopic (exact) mass is 258 g/mol. The number of nitrogens with zero attached hydrogens (tertiary/aromatic N) is 1. The molecule has 1 heterocycles. The maximum atomic E-state index is 12.0. The summed E-state index contributed by atoms with van der Waals surface area (Å²) in [6.07, 6.45) is -0.348. The molecule has 0 aromatic heterocycles. The Hall–Kier alpha value is -1.30. The van der Waals surface area contributed by atoms with E-state index in [-0.39, 0.29) is 0 Å². The van der Waals surface area contributed by atoms with Crippen molar-refractivity contribution in [1.82, 2.24) is 4.90 Å². The third kappa shape index (κ3) is 2.93. The van der Waals surface area contributed by atoms with Crippen molar-refractivity contribution in [2.24, 2.45) is 11.1 Å².